The second kappa shape index (κ2) is 8.23. The molecule has 1 aromatic carbocycles. The van der Waals surface area contributed by atoms with Crippen LogP contribution in [0.3, 0.4) is 0 Å². The van der Waals surface area contributed by atoms with E-state index >= 15 is 4.39 Å². The molecule has 164 valence electrons. The first-order valence-electron chi connectivity index (χ1n) is 9.28. The van der Waals surface area contributed by atoms with Gasteiger partial charge in [-0.25, -0.2) is 9.37 Å². The normalized spacial score (nSPS) is 11.8. The summed E-state index contributed by atoms with van der Waals surface area (Å²) < 4.78 is 55.6. The Hall–Kier alpha value is -3.47. The summed E-state index contributed by atoms with van der Waals surface area (Å²) in [7, 11) is 0. The zero-order valence-electron chi connectivity index (χ0n) is 16.4. The molecule has 0 radical (unpaired) electrons. The van der Waals surface area contributed by atoms with Crippen molar-refractivity contribution in [2.45, 2.75) is 18.0 Å². The van der Waals surface area contributed by atoms with Crippen molar-refractivity contribution in [2.75, 3.05) is 11.1 Å². The topological polar surface area (TPSA) is 76.9 Å². The lowest BCUT2D eigenvalue weighted by atomic mass is 10.1. The zero-order valence-corrected chi connectivity index (χ0v) is 17.2. The van der Waals surface area contributed by atoms with E-state index in [9.17, 15) is 22.8 Å². The number of hydrogen-bond acceptors (Lipinski definition) is 5. The van der Waals surface area contributed by atoms with E-state index in [-0.39, 0.29) is 28.8 Å². The molecule has 0 aliphatic rings. The molecule has 6 nitrogen and oxygen atoms in total. The number of rotatable bonds is 6. The molecule has 0 aliphatic heterocycles. The monoisotopic (exact) mass is 462 g/mol. The van der Waals surface area contributed by atoms with E-state index in [0.717, 1.165) is 4.57 Å². The van der Waals surface area contributed by atoms with Crippen molar-refractivity contribution in [1.29, 1.82) is 0 Å². The molecule has 4 rings (SSSR count). The highest BCUT2D eigenvalue weighted by atomic mass is 32.2. The number of hydrogen-bond donors (Lipinski definition) is 1. The van der Waals surface area contributed by atoms with Gasteiger partial charge in [0.15, 0.2) is 5.82 Å². The fourth-order valence-electron chi connectivity index (χ4n) is 3.37. The second-order valence-corrected chi connectivity index (χ2v) is 7.97. The average molecular weight is 462 g/mol. The van der Waals surface area contributed by atoms with Crippen molar-refractivity contribution < 1.29 is 27.2 Å². The molecule has 0 bridgehead atoms. The number of fused-ring (bicyclic) bond motifs is 2. The van der Waals surface area contributed by atoms with Gasteiger partial charge in [-0.1, -0.05) is 13.0 Å². The van der Waals surface area contributed by atoms with Gasteiger partial charge < -0.3 is 5.32 Å². The average Bonchev–Trinajstić information content (AvgIpc) is 3.04. The van der Waals surface area contributed by atoms with Crippen molar-refractivity contribution in [3.05, 3.63) is 47.9 Å². The molecule has 3 heterocycles. The molecule has 11 heteroatoms. The van der Waals surface area contributed by atoms with Crippen LogP contribution in [-0.4, -0.2) is 33.1 Å². The van der Waals surface area contributed by atoms with Gasteiger partial charge in [0.1, 0.15) is 16.9 Å². The summed E-state index contributed by atoms with van der Waals surface area (Å²) in [4.78, 5) is 31.3. The van der Waals surface area contributed by atoms with Crippen LogP contribution in [0.1, 0.15) is 12.5 Å². The van der Waals surface area contributed by atoms with Crippen molar-refractivity contribution >= 4 is 52.2 Å². The Morgan fingerprint density at radius 3 is 2.62 bits per heavy atom. The zero-order chi connectivity index (χ0) is 23.0. The molecule has 4 aromatic rings. The molecule has 32 heavy (non-hydrogen) atoms. The van der Waals surface area contributed by atoms with Crippen LogP contribution in [0.5, 0.6) is 0 Å². The Morgan fingerprint density at radius 1 is 1.19 bits per heavy atom. The van der Waals surface area contributed by atoms with E-state index in [1.165, 1.54) is 11.8 Å². The SMILES string of the molecule is CCSc1cc2ccc(NC=O)cc2nc1-c1c(F)c2ncc(C(F)(F)F)cc2n1C=O. The van der Waals surface area contributed by atoms with Crippen LogP contribution >= 0.6 is 11.8 Å². The van der Waals surface area contributed by atoms with Crippen LogP contribution < -0.4 is 5.32 Å². The van der Waals surface area contributed by atoms with Crippen LogP contribution in [-0.2, 0) is 15.8 Å². The van der Waals surface area contributed by atoms with E-state index in [1.54, 1.807) is 24.3 Å². The summed E-state index contributed by atoms with van der Waals surface area (Å²) in [6.07, 6.45) is -3.45. The molecule has 0 saturated carbocycles. The van der Waals surface area contributed by atoms with Gasteiger partial charge in [-0.05, 0) is 30.0 Å². The first-order valence-corrected chi connectivity index (χ1v) is 10.3. The number of carbonyl (C=O) groups excluding carboxylic acids is 2. The van der Waals surface area contributed by atoms with Gasteiger partial charge >= 0.3 is 6.18 Å². The highest BCUT2D eigenvalue weighted by Gasteiger charge is 2.33. The van der Waals surface area contributed by atoms with Gasteiger partial charge in [0.05, 0.1) is 16.6 Å². The summed E-state index contributed by atoms with van der Waals surface area (Å²) in [6.45, 7) is 1.87. The lowest BCUT2D eigenvalue weighted by Gasteiger charge is -2.11. The summed E-state index contributed by atoms with van der Waals surface area (Å²) in [5, 5.41) is 3.20. The molecule has 0 unspecified atom stereocenters. The lowest BCUT2D eigenvalue weighted by Crippen LogP contribution is -2.06. The van der Waals surface area contributed by atoms with Gasteiger partial charge in [0.2, 0.25) is 12.8 Å². The third-order valence-electron chi connectivity index (χ3n) is 4.75. The number of alkyl halides is 3. The summed E-state index contributed by atoms with van der Waals surface area (Å²) in [5.74, 6) is -0.350. The third-order valence-corrected chi connectivity index (χ3v) is 5.66. The number of anilines is 1. The van der Waals surface area contributed by atoms with Gasteiger partial charge in [-0.2, -0.15) is 13.2 Å². The van der Waals surface area contributed by atoms with Crippen molar-refractivity contribution in [3.8, 4) is 11.4 Å². The smallest absolute Gasteiger partial charge is 0.329 e. The number of carbonyl (C=O) groups is 2. The molecule has 1 amide bonds. The highest BCUT2D eigenvalue weighted by Crippen LogP contribution is 2.39. The van der Waals surface area contributed by atoms with E-state index < -0.39 is 17.6 Å². The predicted molar refractivity (Wildman–Crippen MR) is 114 cm³/mol. The van der Waals surface area contributed by atoms with Crippen LogP contribution in [0.15, 0.2) is 41.4 Å². The number of pyridine rings is 2. The van der Waals surface area contributed by atoms with Crippen molar-refractivity contribution in [2.24, 2.45) is 0 Å². The quantitative estimate of drug-likeness (QED) is 0.244. The summed E-state index contributed by atoms with van der Waals surface area (Å²) >= 11 is 1.34. The van der Waals surface area contributed by atoms with Gasteiger partial charge in [-0.15, -0.1) is 11.8 Å². The maximum absolute atomic E-state index is 15.4. The second-order valence-electron chi connectivity index (χ2n) is 6.67. The Bertz CT molecular complexity index is 1370. The Labute approximate surface area is 182 Å². The molecule has 0 aliphatic carbocycles. The van der Waals surface area contributed by atoms with Crippen LogP contribution in [0.2, 0.25) is 0 Å². The van der Waals surface area contributed by atoms with Crippen molar-refractivity contribution in [1.82, 2.24) is 14.5 Å². The number of nitrogens with one attached hydrogen (secondary N) is 1. The Morgan fingerprint density at radius 2 is 1.97 bits per heavy atom. The maximum Gasteiger partial charge on any atom is 0.417 e. The fourth-order valence-corrected chi connectivity index (χ4v) is 4.17. The molecular formula is C21H14F4N4O2S. The number of halogens is 4. The Kier molecular flexibility index (Phi) is 5.59. The summed E-state index contributed by atoms with van der Waals surface area (Å²) in [6, 6.07) is 7.39. The number of aromatic nitrogens is 3. The molecule has 3 aromatic heterocycles. The Balaban J connectivity index is 2.04. The molecule has 0 spiro atoms. The number of nitrogens with zero attached hydrogens (tertiary/aromatic N) is 3. The predicted octanol–water partition coefficient (Wildman–Crippen LogP) is 5.13. The van der Waals surface area contributed by atoms with Crippen molar-refractivity contribution in [3.63, 3.8) is 0 Å². The van der Waals surface area contributed by atoms with Gasteiger partial charge in [-0.3, -0.25) is 19.1 Å². The largest absolute Gasteiger partial charge is 0.417 e. The van der Waals surface area contributed by atoms with Gasteiger partial charge in [0.25, 0.3) is 0 Å². The van der Waals surface area contributed by atoms with Gasteiger partial charge in [0, 0.05) is 22.2 Å². The number of thioether (sulfide) groups is 1. The maximum atomic E-state index is 15.4. The van der Waals surface area contributed by atoms with E-state index in [1.807, 2.05) is 6.92 Å². The number of benzene rings is 1. The van der Waals surface area contributed by atoms with E-state index in [0.29, 0.717) is 45.9 Å². The number of amides is 1. The first kappa shape index (κ1) is 21.8. The fraction of sp³-hybridized carbons (Fsp3) is 0.143. The molecule has 0 fully saturated rings. The van der Waals surface area contributed by atoms with Crippen LogP contribution in [0, 0.1) is 5.82 Å². The van der Waals surface area contributed by atoms with E-state index in [2.05, 4.69) is 15.3 Å². The molecule has 1 N–H and O–H groups in total. The highest BCUT2D eigenvalue weighted by molar-refractivity contribution is 7.99. The first-order chi connectivity index (χ1) is 15.3. The molecule has 0 atom stereocenters. The standard InChI is InChI=1S/C21H14F4N4O2S/c1-2-32-16-5-11-3-4-13(27-9-30)7-14(11)28-19(16)20-17(22)18-15(29(20)10-31)6-12(8-26-18)21(23,24)25/h3-10H,2H2,1H3,(H,27,30). The third kappa shape index (κ3) is 3.68. The van der Waals surface area contributed by atoms with Crippen LogP contribution in [0.4, 0.5) is 23.2 Å². The lowest BCUT2D eigenvalue weighted by molar-refractivity contribution is -0.137. The van der Waals surface area contributed by atoms with Crippen LogP contribution in [0.25, 0.3) is 33.3 Å². The molecular weight excluding hydrogens is 448 g/mol. The minimum absolute atomic E-state index is 0.0868. The molecule has 0 saturated heterocycles. The minimum Gasteiger partial charge on any atom is -0.329 e. The minimum atomic E-state index is -4.71. The van der Waals surface area contributed by atoms with E-state index in [4.69, 9.17) is 0 Å². The summed E-state index contributed by atoms with van der Waals surface area (Å²) in [5.41, 5.74) is -1.12.